The Morgan fingerprint density at radius 2 is 1.38 bits per heavy atom. The van der Waals surface area contributed by atoms with Crippen LogP contribution in [0.15, 0.2) is 0 Å². The summed E-state index contributed by atoms with van der Waals surface area (Å²) in [5.41, 5.74) is 10.8. The summed E-state index contributed by atoms with van der Waals surface area (Å²) in [6.07, 6.45) is 2.54. The predicted octanol–water partition coefficient (Wildman–Crippen LogP) is -0.0700. The van der Waals surface area contributed by atoms with E-state index in [0.717, 1.165) is 24.9 Å². The Labute approximate surface area is 50.2 Å². The molecular weight excluding hydrogens is 100 g/mol. The minimum absolute atomic E-state index is 0.795. The molecule has 0 amide bonds. The molecule has 0 radical (unpaired) electrons. The third-order valence-electron chi connectivity index (χ3n) is 2.00. The molecule has 0 spiro atoms. The van der Waals surface area contributed by atoms with E-state index in [1.165, 1.54) is 12.8 Å². The fourth-order valence-electron chi connectivity index (χ4n) is 1.26. The third-order valence-corrected chi connectivity index (χ3v) is 2.00. The van der Waals surface area contributed by atoms with E-state index < -0.39 is 0 Å². The van der Waals surface area contributed by atoms with Gasteiger partial charge in [0.1, 0.15) is 0 Å². The van der Waals surface area contributed by atoms with Crippen molar-refractivity contribution in [3.05, 3.63) is 0 Å². The Morgan fingerprint density at radius 3 is 1.62 bits per heavy atom. The number of nitrogens with two attached hydrogens (primary N) is 2. The summed E-state index contributed by atoms with van der Waals surface area (Å²) in [5.74, 6) is 1.59. The largest absolute Gasteiger partial charge is 0.330 e. The lowest BCUT2D eigenvalue weighted by molar-refractivity contribution is 0.207. The molecule has 1 rings (SSSR count). The van der Waals surface area contributed by atoms with Crippen LogP contribution in [0.3, 0.4) is 0 Å². The van der Waals surface area contributed by atoms with E-state index in [1.54, 1.807) is 0 Å². The second kappa shape index (κ2) is 2.46. The van der Waals surface area contributed by atoms with Gasteiger partial charge < -0.3 is 11.5 Å². The molecule has 0 bridgehead atoms. The fraction of sp³-hybridized carbons (Fsp3) is 1.00. The molecule has 0 heterocycles. The van der Waals surface area contributed by atoms with Gasteiger partial charge in [-0.15, -0.1) is 0 Å². The summed E-state index contributed by atoms with van der Waals surface area (Å²) < 4.78 is 0. The maximum absolute atomic E-state index is 5.41. The minimum Gasteiger partial charge on any atom is -0.330 e. The van der Waals surface area contributed by atoms with Crippen LogP contribution in [0.2, 0.25) is 0 Å². The maximum Gasteiger partial charge on any atom is -0.00486 e. The lowest BCUT2D eigenvalue weighted by Crippen LogP contribution is -2.34. The SMILES string of the molecule is NCC1CC(CN)C1. The van der Waals surface area contributed by atoms with Gasteiger partial charge in [0.15, 0.2) is 0 Å². The first-order valence-corrected chi connectivity index (χ1v) is 3.27. The summed E-state index contributed by atoms with van der Waals surface area (Å²) in [6.45, 7) is 1.72. The molecule has 0 aliphatic heterocycles. The van der Waals surface area contributed by atoms with Crippen LogP contribution in [-0.2, 0) is 0 Å². The lowest BCUT2D eigenvalue weighted by Gasteiger charge is -2.33. The molecule has 0 aromatic heterocycles. The van der Waals surface area contributed by atoms with Crippen molar-refractivity contribution in [1.29, 1.82) is 0 Å². The highest BCUT2D eigenvalue weighted by Gasteiger charge is 2.25. The van der Waals surface area contributed by atoms with Gasteiger partial charge in [-0.3, -0.25) is 0 Å². The van der Waals surface area contributed by atoms with E-state index in [0.29, 0.717) is 0 Å². The molecule has 1 saturated carbocycles. The van der Waals surface area contributed by atoms with E-state index in [4.69, 9.17) is 11.5 Å². The first kappa shape index (κ1) is 6.05. The monoisotopic (exact) mass is 114 g/mol. The van der Waals surface area contributed by atoms with Crippen molar-refractivity contribution in [3.8, 4) is 0 Å². The topological polar surface area (TPSA) is 52.0 Å². The molecule has 48 valence electrons. The van der Waals surface area contributed by atoms with Gasteiger partial charge in [-0.25, -0.2) is 0 Å². The molecule has 0 aromatic rings. The van der Waals surface area contributed by atoms with Crippen LogP contribution in [0.25, 0.3) is 0 Å². The summed E-state index contributed by atoms with van der Waals surface area (Å²) in [7, 11) is 0. The lowest BCUT2D eigenvalue weighted by atomic mass is 9.75. The van der Waals surface area contributed by atoms with Gasteiger partial charge in [-0.2, -0.15) is 0 Å². The molecule has 1 fully saturated rings. The minimum atomic E-state index is 0.795. The van der Waals surface area contributed by atoms with Crippen LogP contribution in [0.5, 0.6) is 0 Å². The highest BCUT2D eigenvalue weighted by Crippen LogP contribution is 2.31. The van der Waals surface area contributed by atoms with Crippen molar-refractivity contribution < 1.29 is 0 Å². The highest BCUT2D eigenvalue weighted by atomic mass is 14.6. The number of hydrogen-bond acceptors (Lipinski definition) is 2. The van der Waals surface area contributed by atoms with Gasteiger partial charge in [0.25, 0.3) is 0 Å². The van der Waals surface area contributed by atoms with Gasteiger partial charge >= 0.3 is 0 Å². The average Bonchev–Trinajstić information content (AvgIpc) is 1.65. The van der Waals surface area contributed by atoms with Crippen molar-refractivity contribution in [2.45, 2.75) is 12.8 Å². The molecule has 0 unspecified atom stereocenters. The van der Waals surface area contributed by atoms with E-state index in [9.17, 15) is 0 Å². The summed E-state index contributed by atoms with van der Waals surface area (Å²) in [6, 6.07) is 0. The second-order valence-electron chi connectivity index (χ2n) is 2.67. The van der Waals surface area contributed by atoms with Crippen LogP contribution in [-0.4, -0.2) is 13.1 Å². The Hall–Kier alpha value is -0.0800. The molecule has 1 aliphatic carbocycles. The van der Waals surface area contributed by atoms with E-state index in [2.05, 4.69) is 0 Å². The smallest absolute Gasteiger partial charge is 0.00486 e. The Bertz CT molecular complexity index is 58.9. The van der Waals surface area contributed by atoms with Crippen LogP contribution >= 0.6 is 0 Å². The zero-order valence-electron chi connectivity index (χ0n) is 5.14. The summed E-state index contributed by atoms with van der Waals surface area (Å²) >= 11 is 0. The Balaban J connectivity index is 2.03. The first-order chi connectivity index (χ1) is 3.86. The average molecular weight is 114 g/mol. The highest BCUT2D eigenvalue weighted by molar-refractivity contribution is 4.79. The van der Waals surface area contributed by atoms with Crippen molar-refractivity contribution in [1.82, 2.24) is 0 Å². The number of rotatable bonds is 2. The van der Waals surface area contributed by atoms with Crippen LogP contribution in [0.4, 0.5) is 0 Å². The molecule has 2 nitrogen and oxygen atoms in total. The summed E-state index contributed by atoms with van der Waals surface area (Å²) in [5, 5.41) is 0. The van der Waals surface area contributed by atoms with E-state index in [1.807, 2.05) is 0 Å². The third kappa shape index (κ3) is 1.01. The molecule has 0 atom stereocenters. The standard InChI is InChI=1S/C6H14N2/c7-3-5-1-6(2-5)4-8/h5-6H,1-4,7-8H2. The van der Waals surface area contributed by atoms with Gasteiger partial charge in [0.2, 0.25) is 0 Å². The Morgan fingerprint density at radius 1 is 1.00 bits per heavy atom. The Kier molecular flexibility index (Phi) is 1.86. The zero-order valence-corrected chi connectivity index (χ0v) is 5.14. The maximum atomic E-state index is 5.41. The van der Waals surface area contributed by atoms with Gasteiger partial charge in [-0.05, 0) is 37.8 Å². The van der Waals surface area contributed by atoms with Crippen molar-refractivity contribution in [2.24, 2.45) is 23.3 Å². The molecular formula is C6H14N2. The van der Waals surface area contributed by atoms with Crippen molar-refractivity contribution in [2.75, 3.05) is 13.1 Å². The molecule has 1 aliphatic rings. The second-order valence-corrected chi connectivity index (χ2v) is 2.67. The normalized spacial score (nSPS) is 36.8. The quantitative estimate of drug-likeness (QED) is 0.528. The van der Waals surface area contributed by atoms with Gasteiger partial charge in [0.05, 0.1) is 0 Å². The molecule has 2 heteroatoms. The molecule has 4 N–H and O–H groups in total. The first-order valence-electron chi connectivity index (χ1n) is 3.27. The van der Waals surface area contributed by atoms with Crippen LogP contribution in [0.1, 0.15) is 12.8 Å². The van der Waals surface area contributed by atoms with E-state index in [-0.39, 0.29) is 0 Å². The predicted molar refractivity (Wildman–Crippen MR) is 34.3 cm³/mol. The summed E-state index contributed by atoms with van der Waals surface area (Å²) in [4.78, 5) is 0. The fourth-order valence-corrected chi connectivity index (χ4v) is 1.26. The zero-order chi connectivity index (χ0) is 5.98. The van der Waals surface area contributed by atoms with Gasteiger partial charge in [0, 0.05) is 0 Å². The van der Waals surface area contributed by atoms with E-state index >= 15 is 0 Å². The molecule has 0 saturated heterocycles. The van der Waals surface area contributed by atoms with Gasteiger partial charge in [-0.1, -0.05) is 0 Å². The molecule has 8 heavy (non-hydrogen) atoms. The van der Waals surface area contributed by atoms with Crippen LogP contribution in [0, 0.1) is 11.8 Å². The number of hydrogen-bond donors (Lipinski definition) is 2. The van der Waals surface area contributed by atoms with Crippen molar-refractivity contribution in [3.63, 3.8) is 0 Å². The van der Waals surface area contributed by atoms with Crippen LogP contribution < -0.4 is 11.5 Å². The molecule has 0 aromatic carbocycles. The van der Waals surface area contributed by atoms with Crippen molar-refractivity contribution >= 4 is 0 Å².